The van der Waals surface area contributed by atoms with E-state index >= 15 is 0 Å². The summed E-state index contributed by atoms with van der Waals surface area (Å²) in [4.78, 5) is 12.2. The van der Waals surface area contributed by atoms with Gasteiger partial charge in [-0.2, -0.15) is 0 Å². The Bertz CT molecular complexity index is 450. The zero-order valence-corrected chi connectivity index (χ0v) is 12.8. The second kappa shape index (κ2) is 6.78. The number of carbonyl (C=O) groups is 1. The van der Waals surface area contributed by atoms with E-state index in [0.29, 0.717) is 6.04 Å². The van der Waals surface area contributed by atoms with Gasteiger partial charge < -0.3 is 10.6 Å². The number of amides is 1. The van der Waals surface area contributed by atoms with E-state index in [9.17, 15) is 4.79 Å². The molecule has 3 nitrogen and oxygen atoms in total. The maximum atomic E-state index is 12.2. The SMILES string of the molecule is Cc1cccc(NC(C)C(=O)NC2CCC(C)CC2)c1. The molecule has 1 fully saturated rings. The average molecular weight is 274 g/mol. The molecule has 1 aliphatic rings. The van der Waals surface area contributed by atoms with Crippen LogP contribution in [-0.2, 0) is 4.79 Å². The van der Waals surface area contributed by atoms with Crippen LogP contribution in [0.5, 0.6) is 0 Å². The van der Waals surface area contributed by atoms with Crippen molar-refractivity contribution in [1.29, 1.82) is 0 Å². The van der Waals surface area contributed by atoms with Gasteiger partial charge in [0.1, 0.15) is 6.04 Å². The molecule has 0 aliphatic heterocycles. The Labute approximate surface area is 122 Å². The number of anilines is 1. The number of carbonyl (C=O) groups excluding carboxylic acids is 1. The van der Waals surface area contributed by atoms with Crippen molar-refractivity contribution in [2.75, 3.05) is 5.32 Å². The first-order valence-electron chi connectivity index (χ1n) is 7.68. The topological polar surface area (TPSA) is 41.1 Å². The number of hydrogen-bond acceptors (Lipinski definition) is 2. The predicted molar refractivity (Wildman–Crippen MR) is 83.8 cm³/mol. The summed E-state index contributed by atoms with van der Waals surface area (Å²) in [7, 11) is 0. The van der Waals surface area contributed by atoms with Crippen LogP contribution in [0.15, 0.2) is 24.3 Å². The monoisotopic (exact) mass is 274 g/mol. The molecule has 1 aliphatic carbocycles. The van der Waals surface area contributed by atoms with Crippen LogP contribution >= 0.6 is 0 Å². The third kappa shape index (κ3) is 4.26. The first-order valence-corrected chi connectivity index (χ1v) is 7.68. The lowest BCUT2D eigenvalue weighted by atomic mass is 9.87. The van der Waals surface area contributed by atoms with Crippen molar-refractivity contribution >= 4 is 11.6 Å². The van der Waals surface area contributed by atoms with Gasteiger partial charge in [0.25, 0.3) is 0 Å². The maximum absolute atomic E-state index is 12.2. The van der Waals surface area contributed by atoms with E-state index in [1.54, 1.807) is 0 Å². The first kappa shape index (κ1) is 14.9. The summed E-state index contributed by atoms with van der Waals surface area (Å²) in [5, 5.41) is 6.44. The van der Waals surface area contributed by atoms with Crippen LogP contribution < -0.4 is 10.6 Å². The normalized spacial score (nSPS) is 23.9. The Morgan fingerprint density at radius 2 is 1.95 bits per heavy atom. The fourth-order valence-electron chi connectivity index (χ4n) is 2.78. The fraction of sp³-hybridized carbons (Fsp3) is 0.588. The number of rotatable bonds is 4. The van der Waals surface area contributed by atoms with Crippen LogP contribution in [0.1, 0.15) is 45.1 Å². The van der Waals surface area contributed by atoms with Crippen LogP contribution in [-0.4, -0.2) is 18.0 Å². The number of hydrogen-bond donors (Lipinski definition) is 2. The molecular formula is C17H26N2O. The minimum absolute atomic E-state index is 0.103. The summed E-state index contributed by atoms with van der Waals surface area (Å²) in [5.41, 5.74) is 2.20. The van der Waals surface area contributed by atoms with E-state index in [1.165, 1.54) is 18.4 Å². The number of aryl methyl sites for hydroxylation is 1. The molecular weight excluding hydrogens is 248 g/mol. The molecule has 3 heteroatoms. The van der Waals surface area contributed by atoms with Crippen LogP contribution in [0.25, 0.3) is 0 Å². The van der Waals surface area contributed by atoms with Gasteiger partial charge in [0, 0.05) is 11.7 Å². The molecule has 0 bridgehead atoms. The van der Waals surface area contributed by atoms with Crippen LogP contribution in [0.3, 0.4) is 0 Å². The average Bonchev–Trinajstić information content (AvgIpc) is 2.41. The van der Waals surface area contributed by atoms with Crippen molar-refractivity contribution < 1.29 is 4.79 Å². The molecule has 1 aromatic rings. The Hall–Kier alpha value is -1.51. The molecule has 0 heterocycles. The largest absolute Gasteiger partial charge is 0.374 e. The highest BCUT2D eigenvalue weighted by Crippen LogP contribution is 2.23. The van der Waals surface area contributed by atoms with E-state index in [2.05, 4.69) is 36.6 Å². The van der Waals surface area contributed by atoms with Gasteiger partial charge in [-0.05, 0) is 63.1 Å². The summed E-state index contributed by atoms with van der Waals surface area (Å²) in [5.74, 6) is 0.914. The molecule has 0 radical (unpaired) electrons. The number of nitrogens with one attached hydrogen (secondary N) is 2. The molecule has 0 saturated heterocycles. The van der Waals surface area contributed by atoms with E-state index in [1.807, 2.05) is 19.1 Å². The Balaban J connectivity index is 1.83. The number of benzene rings is 1. The van der Waals surface area contributed by atoms with Crippen molar-refractivity contribution in [3.63, 3.8) is 0 Å². The molecule has 1 atom stereocenters. The van der Waals surface area contributed by atoms with E-state index < -0.39 is 0 Å². The third-order valence-corrected chi connectivity index (χ3v) is 4.16. The van der Waals surface area contributed by atoms with Gasteiger partial charge in [-0.15, -0.1) is 0 Å². The molecule has 0 aromatic heterocycles. The van der Waals surface area contributed by atoms with Crippen LogP contribution in [0.4, 0.5) is 5.69 Å². The van der Waals surface area contributed by atoms with Crippen molar-refractivity contribution in [3.8, 4) is 0 Å². The van der Waals surface area contributed by atoms with Crippen molar-refractivity contribution in [2.24, 2.45) is 5.92 Å². The zero-order valence-electron chi connectivity index (χ0n) is 12.8. The molecule has 2 N–H and O–H groups in total. The highest BCUT2D eigenvalue weighted by atomic mass is 16.2. The first-order chi connectivity index (χ1) is 9.54. The summed E-state index contributed by atoms with van der Waals surface area (Å²) in [6.45, 7) is 6.27. The minimum atomic E-state index is -0.198. The summed E-state index contributed by atoms with van der Waals surface area (Å²) in [6.07, 6.45) is 4.68. The quantitative estimate of drug-likeness (QED) is 0.882. The highest BCUT2D eigenvalue weighted by Gasteiger charge is 2.22. The van der Waals surface area contributed by atoms with E-state index in [-0.39, 0.29) is 11.9 Å². The van der Waals surface area contributed by atoms with Gasteiger partial charge in [-0.25, -0.2) is 0 Å². The lowest BCUT2D eigenvalue weighted by molar-refractivity contribution is -0.122. The van der Waals surface area contributed by atoms with Gasteiger partial charge in [-0.1, -0.05) is 19.1 Å². The molecule has 1 unspecified atom stereocenters. The fourth-order valence-corrected chi connectivity index (χ4v) is 2.78. The van der Waals surface area contributed by atoms with Gasteiger partial charge in [0.15, 0.2) is 0 Å². The highest BCUT2D eigenvalue weighted by molar-refractivity contribution is 5.84. The Kier molecular flexibility index (Phi) is 5.05. The molecule has 1 aromatic carbocycles. The third-order valence-electron chi connectivity index (χ3n) is 4.16. The second-order valence-electron chi connectivity index (χ2n) is 6.20. The minimum Gasteiger partial charge on any atom is -0.374 e. The lowest BCUT2D eigenvalue weighted by Gasteiger charge is -2.28. The lowest BCUT2D eigenvalue weighted by Crippen LogP contribution is -2.44. The predicted octanol–water partition coefficient (Wildman–Crippen LogP) is 3.49. The Morgan fingerprint density at radius 1 is 1.25 bits per heavy atom. The van der Waals surface area contributed by atoms with Gasteiger partial charge in [-0.3, -0.25) is 4.79 Å². The van der Waals surface area contributed by atoms with Crippen LogP contribution in [0.2, 0.25) is 0 Å². The molecule has 2 rings (SSSR count). The summed E-state index contributed by atoms with van der Waals surface area (Å²) >= 11 is 0. The zero-order chi connectivity index (χ0) is 14.5. The van der Waals surface area contributed by atoms with Crippen molar-refractivity contribution in [3.05, 3.63) is 29.8 Å². The summed E-state index contributed by atoms with van der Waals surface area (Å²) in [6, 6.07) is 8.28. The van der Waals surface area contributed by atoms with E-state index in [0.717, 1.165) is 24.4 Å². The van der Waals surface area contributed by atoms with Gasteiger partial charge in [0.2, 0.25) is 5.91 Å². The van der Waals surface area contributed by atoms with Gasteiger partial charge >= 0.3 is 0 Å². The smallest absolute Gasteiger partial charge is 0.242 e. The molecule has 1 amide bonds. The standard InChI is InChI=1S/C17H26N2O/c1-12-7-9-15(10-8-12)19-17(20)14(3)18-16-6-4-5-13(2)11-16/h4-6,11-12,14-15,18H,7-10H2,1-3H3,(H,19,20). The second-order valence-corrected chi connectivity index (χ2v) is 6.20. The van der Waals surface area contributed by atoms with E-state index in [4.69, 9.17) is 0 Å². The maximum Gasteiger partial charge on any atom is 0.242 e. The van der Waals surface area contributed by atoms with Crippen molar-refractivity contribution in [2.45, 2.75) is 58.5 Å². The Morgan fingerprint density at radius 3 is 2.60 bits per heavy atom. The molecule has 1 saturated carbocycles. The molecule has 20 heavy (non-hydrogen) atoms. The summed E-state index contributed by atoms with van der Waals surface area (Å²) < 4.78 is 0. The molecule has 0 spiro atoms. The molecule has 110 valence electrons. The van der Waals surface area contributed by atoms with Crippen molar-refractivity contribution in [1.82, 2.24) is 5.32 Å². The van der Waals surface area contributed by atoms with Gasteiger partial charge in [0.05, 0.1) is 0 Å². The van der Waals surface area contributed by atoms with Crippen LogP contribution in [0, 0.1) is 12.8 Å².